The second-order valence-corrected chi connectivity index (χ2v) is 6.00. The Bertz CT molecular complexity index is 601. The van der Waals surface area contributed by atoms with E-state index in [1.165, 1.54) is 5.56 Å². The van der Waals surface area contributed by atoms with Crippen molar-refractivity contribution in [1.82, 2.24) is 5.32 Å². The minimum atomic E-state index is -0.0685. The number of carbonyl (C=O) groups is 1. The smallest absolute Gasteiger partial charge is 0.230 e. The molecule has 1 atom stereocenters. The summed E-state index contributed by atoms with van der Waals surface area (Å²) in [6, 6.07) is 17.8. The summed E-state index contributed by atoms with van der Waals surface area (Å²) in [4.78, 5) is 12.0. The molecule has 116 valence electrons. The van der Waals surface area contributed by atoms with Crippen molar-refractivity contribution in [2.75, 3.05) is 12.9 Å². The first-order valence-electron chi connectivity index (χ1n) is 7.24. The predicted octanol–water partition coefficient (Wildman–Crippen LogP) is 3.81. The lowest BCUT2D eigenvalue weighted by Crippen LogP contribution is -2.28. The topological polar surface area (TPSA) is 38.3 Å². The number of rotatable bonds is 7. The van der Waals surface area contributed by atoms with E-state index < -0.39 is 0 Å². The number of carbonyl (C=O) groups excluding carboxylic acids is 1. The second kappa shape index (κ2) is 8.49. The Morgan fingerprint density at radius 2 is 1.82 bits per heavy atom. The van der Waals surface area contributed by atoms with Gasteiger partial charge in [-0.1, -0.05) is 48.5 Å². The van der Waals surface area contributed by atoms with Crippen molar-refractivity contribution >= 4 is 17.7 Å². The van der Waals surface area contributed by atoms with Gasteiger partial charge in [-0.2, -0.15) is 0 Å². The van der Waals surface area contributed by atoms with Gasteiger partial charge in [0.1, 0.15) is 5.75 Å². The zero-order valence-electron chi connectivity index (χ0n) is 12.9. The zero-order valence-corrected chi connectivity index (χ0v) is 13.7. The van der Waals surface area contributed by atoms with Crippen molar-refractivity contribution in [3.63, 3.8) is 0 Å². The highest BCUT2D eigenvalue weighted by Crippen LogP contribution is 2.24. The van der Waals surface area contributed by atoms with Gasteiger partial charge in [-0.05, 0) is 18.6 Å². The van der Waals surface area contributed by atoms with E-state index in [1.54, 1.807) is 18.9 Å². The van der Waals surface area contributed by atoms with Crippen LogP contribution in [-0.2, 0) is 10.5 Å². The zero-order chi connectivity index (χ0) is 15.8. The predicted molar refractivity (Wildman–Crippen MR) is 92.2 cm³/mol. The molecule has 0 aliphatic heterocycles. The maximum atomic E-state index is 12.0. The molecule has 0 spiro atoms. The third-order valence-corrected chi connectivity index (χ3v) is 4.33. The number of nitrogens with one attached hydrogen (secondary N) is 1. The van der Waals surface area contributed by atoms with Crippen LogP contribution in [0.4, 0.5) is 0 Å². The molecule has 0 aromatic heterocycles. The fourth-order valence-corrected chi connectivity index (χ4v) is 3.02. The molecule has 2 aromatic rings. The van der Waals surface area contributed by atoms with Crippen molar-refractivity contribution < 1.29 is 9.53 Å². The van der Waals surface area contributed by atoms with Gasteiger partial charge in [0.25, 0.3) is 0 Å². The van der Waals surface area contributed by atoms with Crippen LogP contribution in [-0.4, -0.2) is 18.8 Å². The number of benzene rings is 2. The molecule has 0 aliphatic rings. The molecule has 0 radical (unpaired) electrons. The lowest BCUT2D eigenvalue weighted by Gasteiger charge is -2.17. The van der Waals surface area contributed by atoms with Crippen LogP contribution in [0.25, 0.3) is 0 Å². The summed E-state index contributed by atoms with van der Waals surface area (Å²) in [5.74, 6) is 2.14. The van der Waals surface area contributed by atoms with E-state index >= 15 is 0 Å². The third-order valence-electron chi connectivity index (χ3n) is 3.33. The number of hydrogen-bond acceptors (Lipinski definition) is 3. The van der Waals surface area contributed by atoms with E-state index in [4.69, 9.17) is 4.74 Å². The monoisotopic (exact) mass is 315 g/mol. The van der Waals surface area contributed by atoms with E-state index in [0.717, 1.165) is 17.1 Å². The Morgan fingerprint density at radius 3 is 2.55 bits per heavy atom. The first kappa shape index (κ1) is 16.4. The summed E-state index contributed by atoms with van der Waals surface area (Å²) in [7, 11) is 1.64. The minimum absolute atomic E-state index is 0.0411. The van der Waals surface area contributed by atoms with Crippen LogP contribution in [0.5, 0.6) is 5.75 Å². The Kier molecular flexibility index (Phi) is 6.34. The number of hydrogen-bond donors (Lipinski definition) is 1. The average Bonchev–Trinajstić information content (AvgIpc) is 2.55. The summed E-state index contributed by atoms with van der Waals surface area (Å²) in [5.41, 5.74) is 2.23. The maximum Gasteiger partial charge on any atom is 0.230 e. The van der Waals surface area contributed by atoms with Gasteiger partial charge in [-0.15, -0.1) is 11.8 Å². The normalized spacial score (nSPS) is 11.7. The Morgan fingerprint density at radius 1 is 1.14 bits per heavy atom. The van der Waals surface area contributed by atoms with Crippen LogP contribution in [0.3, 0.4) is 0 Å². The van der Waals surface area contributed by atoms with E-state index in [-0.39, 0.29) is 11.9 Å². The molecule has 0 aliphatic carbocycles. The van der Waals surface area contributed by atoms with Gasteiger partial charge < -0.3 is 10.1 Å². The molecular formula is C18H21NO2S. The van der Waals surface area contributed by atoms with Gasteiger partial charge in [0.05, 0.1) is 18.9 Å². The molecule has 0 fully saturated rings. The highest BCUT2D eigenvalue weighted by atomic mass is 32.2. The molecule has 1 N–H and O–H groups in total. The van der Waals surface area contributed by atoms with Crippen LogP contribution in [0, 0.1) is 0 Å². The summed E-state index contributed by atoms with van der Waals surface area (Å²) < 4.78 is 5.33. The Labute approximate surface area is 136 Å². The quantitative estimate of drug-likeness (QED) is 0.844. The maximum absolute atomic E-state index is 12.0. The SMILES string of the molecule is COc1ccccc1C(C)NC(=O)CSCc1ccccc1. The number of amides is 1. The van der Waals surface area contributed by atoms with Crippen LogP contribution in [0.15, 0.2) is 54.6 Å². The summed E-state index contributed by atoms with van der Waals surface area (Å²) in [5, 5.41) is 3.02. The van der Waals surface area contributed by atoms with Gasteiger partial charge in [0.15, 0.2) is 0 Å². The Hall–Kier alpha value is -1.94. The molecule has 0 bridgehead atoms. The molecule has 0 saturated carbocycles. The van der Waals surface area contributed by atoms with Crippen molar-refractivity contribution in [3.05, 3.63) is 65.7 Å². The molecule has 1 unspecified atom stereocenters. The molecule has 0 saturated heterocycles. The van der Waals surface area contributed by atoms with E-state index in [1.807, 2.05) is 49.4 Å². The fourth-order valence-electron chi connectivity index (χ4n) is 2.22. The summed E-state index contributed by atoms with van der Waals surface area (Å²) >= 11 is 1.62. The van der Waals surface area contributed by atoms with Gasteiger partial charge in [-0.25, -0.2) is 0 Å². The van der Waals surface area contributed by atoms with Gasteiger partial charge in [0.2, 0.25) is 5.91 Å². The van der Waals surface area contributed by atoms with Crippen molar-refractivity contribution in [1.29, 1.82) is 0 Å². The van der Waals surface area contributed by atoms with Crippen LogP contribution >= 0.6 is 11.8 Å². The minimum Gasteiger partial charge on any atom is -0.496 e. The van der Waals surface area contributed by atoms with Crippen LogP contribution < -0.4 is 10.1 Å². The molecular weight excluding hydrogens is 294 g/mol. The van der Waals surface area contributed by atoms with E-state index in [2.05, 4.69) is 17.4 Å². The average molecular weight is 315 g/mol. The fraction of sp³-hybridized carbons (Fsp3) is 0.278. The first-order chi connectivity index (χ1) is 10.7. The standard InChI is InChI=1S/C18H21NO2S/c1-14(16-10-6-7-11-17(16)21-2)19-18(20)13-22-12-15-8-4-3-5-9-15/h3-11,14H,12-13H2,1-2H3,(H,19,20). The highest BCUT2D eigenvalue weighted by Gasteiger charge is 2.13. The van der Waals surface area contributed by atoms with Crippen molar-refractivity contribution in [2.45, 2.75) is 18.7 Å². The van der Waals surface area contributed by atoms with E-state index in [0.29, 0.717) is 5.75 Å². The largest absolute Gasteiger partial charge is 0.496 e. The van der Waals surface area contributed by atoms with Crippen molar-refractivity contribution in [3.8, 4) is 5.75 Å². The number of methoxy groups -OCH3 is 1. The lowest BCUT2D eigenvalue weighted by molar-refractivity contribution is -0.119. The molecule has 2 rings (SSSR count). The molecule has 22 heavy (non-hydrogen) atoms. The summed E-state index contributed by atoms with van der Waals surface area (Å²) in [6.07, 6.45) is 0. The van der Waals surface area contributed by atoms with Gasteiger partial charge in [0, 0.05) is 11.3 Å². The van der Waals surface area contributed by atoms with Gasteiger partial charge in [-0.3, -0.25) is 4.79 Å². The number of para-hydroxylation sites is 1. The molecule has 2 aromatic carbocycles. The number of ether oxygens (including phenoxy) is 1. The second-order valence-electron chi connectivity index (χ2n) is 5.01. The molecule has 0 heterocycles. The van der Waals surface area contributed by atoms with Crippen LogP contribution in [0.2, 0.25) is 0 Å². The third kappa shape index (κ3) is 4.81. The van der Waals surface area contributed by atoms with E-state index in [9.17, 15) is 4.79 Å². The number of thioether (sulfide) groups is 1. The van der Waals surface area contributed by atoms with Gasteiger partial charge >= 0.3 is 0 Å². The highest BCUT2D eigenvalue weighted by molar-refractivity contribution is 7.99. The lowest BCUT2D eigenvalue weighted by atomic mass is 10.1. The van der Waals surface area contributed by atoms with Crippen molar-refractivity contribution in [2.24, 2.45) is 0 Å². The summed E-state index contributed by atoms with van der Waals surface area (Å²) in [6.45, 7) is 1.97. The van der Waals surface area contributed by atoms with Crippen LogP contribution in [0.1, 0.15) is 24.1 Å². The molecule has 4 heteroatoms. The first-order valence-corrected chi connectivity index (χ1v) is 8.40. The molecule has 3 nitrogen and oxygen atoms in total. The Balaban J connectivity index is 1.81. The molecule has 1 amide bonds.